The molecule has 0 aliphatic heterocycles. The van der Waals surface area contributed by atoms with Crippen LogP contribution < -0.4 is 9.47 Å². The molecule has 0 aliphatic rings. The molecule has 0 saturated carbocycles. The van der Waals surface area contributed by atoms with Crippen molar-refractivity contribution in [1.29, 1.82) is 0 Å². The van der Waals surface area contributed by atoms with Gasteiger partial charge >= 0.3 is 5.88 Å². The second-order valence-electron chi connectivity index (χ2n) is 2.07. The maximum Gasteiger partial charge on any atom is 0.379 e. The molecule has 0 aromatic carbocycles. The van der Waals surface area contributed by atoms with E-state index in [1.54, 1.807) is 6.07 Å². The first-order chi connectivity index (χ1) is 4.74. The average Bonchev–Trinajstić information content (AvgIpc) is 1.88. The molecule has 1 heterocycles. The van der Waals surface area contributed by atoms with Gasteiger partial charge in [0.2, 0.25) is 0 Å². The Kier molecular flexibility index (Phi) is 1.76. The highest BCUT2D eigenvalue weighted by atomic mass is 16.5. The van der Waals surface area contributed by atoms with Crippen molar-refractivity contribution in [2.24, 2.45) is 0 Å². The van der Waals surface area contributed by atoms with E-state index in [-0.39, 0.29) is 0 Å². The highest BCUT2D eigenvalue weighted by Gasteiger charge is 2.01. The Hall–Kier alpha value is -1.25. The summed E-state index contributed by atoms with van der Waals surface area (Å²) in [4.78, 5) is 0. The van der Waals surface area contributed by atoms with Gasteiger partial charge in [-0.2, -0.15) is 0 Å². The van der Waals surface area contributed by atoms with Crippen LogP contribution >= 0.6 is 0 Å². The number of aromatic nitrogens is 1. The number of rotatable bonds is 1. The molecule has 0 bridgehead atoms. The second-order valence-corrected chi connectivity index (χ2v) is 2.07. The number of hydrogen-bond acceptors (Lipinski definition) is 2. The number of pyridine rings is 1. The molecule has 0 amide bonds. The molecule has 1 rings (SSSR count). The molecule has 1 aromatic heterocycles. The van der Waals surface area contributed by atoms with E-state index in [1.807, 2.05) is 13.0 Å². The van der Waals surface area contributed by atoms with Crippen LogP contribution in [0.15, 0.2) is 18.3 Å². The van der Waals surface area contributed by atoms with Gasteiger partial charge in [-0.05, 0) is 13.0 Å². The van der Waals surface area contributed by atoms with E-state index in [0.29, 0.717) is 10.6 Å². The first-order valence-electron chi connectivity index (χ1n) is 2.98. The van der Waals surface area contributed by atoms with Gasteiger partial charge < -0.3 is 9.94 Å². The molecule has 0 radical (unpaired) electrons. The van der Waals surface area contributed by atoms with E-state index in [4.69, 9.17) is 4.74 Å². The van der Waals surface area contributed by atoms with Crippen LogP contribution in [-0.2, 0) is 0 Å². The first-order valence-corrected chi connectivity index (χ1v) is 2.98. The minimum Gasteiger partial charge on any atom is -0.616 e. The van der Waals surface area contributed by atoms with Crippen molar-refractivity contribution in [3.05, 3.63) is 29.1 Å². The Morgan fingerprint density at radius 3 is 2.70 bits per heavy atom. The van der Waals surface area contributed by atoms with Crippen LogP contribution in [0.4, 0.5) is 0 Å². The number of hydrogen-bond donors (Lipinski definition) is 0. The second kappa shape index (κ2) is 2.56. The molecule has 54 valence electrons. The van der Waals surface area contributed by atoms with Crippen LogP contribution in [0.2, 0.25) is 0 Å². The lowest BCUT2D eigenvalue weighted by molar-refractivity contribution is -0.612. The van der Waals surface area contributed by atoms with E-state index in [1.165, 1.54) is 13.3 Å². The Morgan fingerprint density at radius 1 is 1.50 bits per heavy atom. The maximum absolute atomic E-state index is 10.9. The molecule has 10 heavy (non-hydrogen) atoms. The van der Waals surface area contributed by atoms with Gasteiger partial charge in [0, 0.05) is 5.56 Å². The van der Waals surface area contributed by atoms with Crippen LogP contribution in [0.5, 0.6) is 5.88 Å². The molecule has 0 fully saturated rings. The van der Waals surface area contributed by atoms with Crippen molar-refractivity contribution < 1.29 is 9.47 Å². The van der Waals surface area contributed by atoms with Gasteiger partial charge in [0.15, 0.2) is 6.20 Å². The predicted octanol–water partition coefficient (Wildman–Crippen LogP) is 0.637. The third kappa shape index (κ3) is 1.18. The van der Waals surface area contributed by atoms with E-state index < -0.39 is 0 Å². The SMILES string of the molecule is COc1ccc(C)c[n+]1[O-]. The van der Waals surface area contributed by atoms with E-state index >= 15 is 0 Å². The van der Waals surface area contributed by atoms with Gasteiger partial charge in [0.05, 0.1) is 13.2 Å². The number of ether oxygens (including phenoxy) is 1. The molecule has 3 heteroatoms. The molecular weight excluding hydrogens is 130 g/mol. The van der Waals surface area contributed by atoms with Crippen molar-refractivity contribution >= 4 is 0 Å². The van der Waals surface area contributed by atoms with Crippen LogP contribution in [-0.4, -0.2) is 7.11 Å². The fourth-order valence-corrected chi connectivity index (χ4v) is 0.726. The van der Waals surface area contributed by atoms with Crippen molar-refractivity contribution in [3.8, 4) is 5.88 Å². The lowest BCUT2D eigenvalue weighted by Crippen LogP contribution is -2.27. The highest BCUT2D eigenvalue weighted by Crippen LogP contribution is 2.01. The Bertz CT molecular complexity index is 235. The van der Waals surface area contributed by atoms with Crippen molar-refractivity contribution in [2.75, 3.05) is 7.11 Å². The fraction of sp³-hybridized carbons (Fsp3) is 0.286. The number of aryl methyl sites for hydroxylation is 1. The van der Waals surface area contributed by atoms with Crippen LogP contribution in [0, 0.1) is 12.1 Å². The van der Waals surface area contributed by atoms with Gasteiger partial charge in [-0.1, -0.05) is 0 Å². The maximum atomic E-state index is 10.9. The van der Waals surface area contributed by atoms with Crippen LogP contribution in [0.25, 0.3) is 0 Å². The molecule has 0 atom stereocenters. The van der Waals surface area contributed by atoms with Crippen molar-refractivity contribution in [2.45, 2.75) is 6.92 Å². The monoisotopic (exact) mass is 139 g/mol. The quantitative estimate of drug-likeness (QED) is 0.422. The Balaban J connectivity index is 3.07. The first kappa shape index (κ1) is 6.86. The average molecular weight is 139 g/mol. The zero-order valence-corrected chi connectivity index (χ0v) is 6.00. The Morgan fingerprint density at radius 2 is 2.20 bits per heavy atom. The van der Waals surface area contributed by atoms with Gasteiger partial charge in [0.1, 0.15) is 0 Å². The molecule has 0 aliphatic carbocycles. The van der Waals surface area contributed by atoms with Crippen LogP contribution in [0.1, 0.15) is 5.56 Å². The van der Waals surface area contributed by atoms with Crippen molar-refractivity contribution in [1.82, 2.24) is 0 Å². The van der Waals surface area contributed by atoms with E-state index in [2.05, 4.69) is 0 Å². The highest BCUT2D eigenvalue weighted by molar-refractivity contribution is 5.10. The minimum absolute atomic E-state index is 0.325. The van der Waals surface area contributed by atoms with Gasteiger partial charge in [-0.15, -0.1) is 4.73 Å². The third-order valence-electron chi connectivity index (χ3n) is 1.24. The zero-order chi connectivity index (χ0) is 7.56. The summed E-state index contributed by atoms with van der Waals surface area (Å²) in [5, 5.41) is 10.9. The van der Waals surface area contributed by atoms with Gasteiger partial charge in [0.25, 0.3) is 0 Å². The Labute approximate surface area is 59.5 Å². The topological polar surface area (TPSA) is 36.2 Å². The fourth-order valence-electron chi connectivity index (χ4n) is 0.726. The number of nitrogens with zero attached hydrogens (tertiary/aromatic N) is 1. The lowest BCUT2D eigenvalue weighted by atomic mass is 10.3. The third-order valence-corrected chi connectivity index (χ3v) is 1.24. The van der Waals surface area contributed by atoms with Crippen LogP contribution in [0.3, 0.4) is 0 Å². The minimum atomic E-state index is 0.325. The normalized spacial score (nSPS) is 9.40. The molecule has 0 spiro atoms. The summed E-state index contributed by atoms with van der Waals surface area (Å²) >= 11 is 0. The summed E-state index contributed by atoms with van der Waals surface area (Å²) in [7, 11) is 1.47. The molecule has 0 unspecified atom stereocenters. The summed E-state index contributed by atoms with van der Waals surface area (Å²) in [6.07, 6.45) is 1.47. The summed E-state index contributed by atoms with van der Waals surface area (Å²) in [5.74, 6) is 0.325. The summed E-state index contributed by atoms with van der Waals surface area (Å²) < 4.78 is 5.45. The summed E-state index contributed by atoms with van der Waals surface area (Å²) in [6.45, 7) is 1.86. The standard InChI is InChI=1S/C7H9NO2/c1-6-3-4-7(10-2)8(9)5-6/h3-5H,1-2H3. The van der Waals surface area contributed by atoms with Gasteiger partial charge in [-0.3, -0.25) is 0 Å². The molecule has 0 N–H and O–H groups in total. The smallest absolute Gasteiger partial charge is 0.379 e. The molecule has 3 nitrogen and oxygen atoms in total. The summed E-state index contributed by atoms with van der Waals surface area (Å²) in [6, 6.07) is 3.47. The van der Waals surface area contributed by atoms with E-state index in [0.717, 1.165) is 5.56 Å². The molecule has 0 saturated heterocycles. The zero-order valence-electron chi connectivity index (χ0n) is 6.00. The van der Waals surface area contributed by atoms with Crippen molar-refractivity contribution in [3.63, 3.8) is 0 Å². The summed E-state index contributed by atoms with van der Waals surface area (Å²) in [5.41, 5.74) is 0.927. The number of methoxy groups -OCH3 is 1. The molecule has 1 aromatic rings. The largest absolute Gasteiger partial charge is 0.616 e. The van der Waals surface area contributed by atoms with Gasteiger partial charge in [-0.25, -0.2) is 0 Å². The molecular formula is C7H9NO2. The lowest BCUT2D eigenvalue weighted by Gasteiger charge is -2.01. The predicted molar refractivity (Wildman–Crippen MR) is 36.7 cm³/mol. The van der Waals surface area contributed by atoms with E-state index in [9.17, 15) is 5.21 Å².